The second-order valence-electron chi connectivity index (χ2n) is 6.92. The first-order chi connectivity index (χ1) is 11.8. The van der Waals surface area contributed by atoms with Gasteiger partial charge in [0.1, 0.15) is 19.0 Å². The molecule has 0 aromatic heterocycles. The van der Waals surface area contributed by atoms with Crippen LogP contribution in [-0.2, 0) is 5.41 Å². The van der Waals surface area contributed by atoms with Crippen molar-refractivity contribution in [1.29, 1.82) is 5.26 Å². The first-order valence-electron chi connectivity index (χ1n) is 8.30. The monoisotopic (exact) mass is 339 g/mol. The summed E-state index contributed by atoms with van der Waals surface area (Å²) in [6, 6.07) is 13.4. The fraction of sp³-hybridized carbons (Fsp3) is 0.381. The molecule has 0 amide bonds. The number of aryl methyl sites for hydroxylation is 1. The van der Waals surface area contributed by atoms with E-state index in [0.717, 1.165) is 5.75 Å². The third-order valence-corrected chi connectivity index (χ3v) is 3.83. The van der Waals surface area contributed by atoms with Crippen molar-refractivity contribution in [3.63, 3.8) is 0 Å². The molecule has 2 aromatic carbocycles. The van der Waals surface area contributed by atoms with Crippen LogP contribution in [0, 0.1) is 18.3 Å². The quantitative estimate of drug-likeness (QED) is 0.720. The third-order valence-electron chi connectivity index (χ3n) is 3.83. The molecule has 0 N–H and O–H groups in total. The second-order valence-corrected chi connectivity index (χ2v) is 6.92. The topological polar surface area (TPSA) is 51.5 Å². The van der Waals surface area contributed by atoms with E-state index in [4.69, 9.17) is 19.5 Å². The highest BCUT2D eigenvalue weighted by Gasteiger charge is 2.19. The predicted octanol–water partition coefficient (Wildman–Crippen LogP) is 4.63. The maximum absolute atomic E-state index is 9.00. The van der Waals surface area contributed by atoms with Crippen LogP contribution in [0.4, 0.5) is 0 Å². The SMILES string of the molecule is COc1ccc(C#N)cc1OCCOc1ccc(C)cc1C(C)(C)C. The van der Waals surface area contributed by atoms with Gasteiger partial charge in [-0.2, -0.15) is 5.26 Å². The van der Waals surface area contributed by atoms with E-state index in [-0.39, 0.29) is 5.41 Å². The molecule has 132 valence electrons. The Hall–Kier alpha value is -2.67. The van der Waals surface area contributed by atoms with Gasteiger partial charge in [-0.05, 0) is 36.1 Å². The van der Waals surface area contributed by atoms with Gasteiger partial charge in [0.25, 0.3) is 0 Å². The Balaban J connectivity index is 2.02. The number of ether oxygens (including phenoxy) is 3. The fourth-order valence-electron chi connectivity index (χ4n) is 2.52. The summed E-state index contributed by atoms with van der Waals surface area (Å²) < 4.78 is 16.9. The molecule has 0 aliphatic heterocycles. The van der Waals surface area contributed by atoms with Crippen LogP contribution in [0.1, 0.15) is 37.5 Å². The maximum atomic E-state index is 9.00. The maximum Gasteiger partial charge on any atom is 0.162 e. The molecule has 2 aromatic rings. The molecule has 0 heterocycles. The lowest BCUT2D eigenvalue weighted by Gasteiger charge is -2.23. The molecule has 0 fully saturated rings. The minimum atomic E-state index is 0.00651. The highest BCUT2D eigenvalue weighted by Crippen LogP contribution is 2.32. The van der Waals surface area contributed by atoms with Crippen molar-refractivity contribution < 1.29 is 14.2 Å². The van der Waals surface area contributed by atoms with Crippen molar-refractivity contribution in [2.24, 2.45) is 0 Å². The number of nitrogens with zero attached hydrogens (tertiary/aromatic N) is 1. The number of benzene rings is 2. The third kappa shape index (κ3) is 4.90. The van der Waals surface area contributed by atoms with Gasteiger partial charge in [0.2, 0.25) is 0 Å². The Morgan fingerprint density at radius 2 is 1.56 bits per heavy atom. The van der Waals surface area contributed by atoms with Crippen molar-refractivity contribution in [2.75, 3.05) is 20.3 Å². The van der Waals surface area contributed by atoms with Gasteiger partial charge in [-0.3, -0.25) is 0 Å². The Kier molecular flexibility index (Phi) is 5.93. The summed E-state index contributed by atoms with van der Waals surface area (Å²) in [7, 11) is 1.58. The highest BCUT2D eigenvalue weighted by atomic mass is 16.5. The van der Waals surface area contributed by atoms with Crippen LogP contribution in [0.25, 0.3) is 0 Å². The van der Waals surface area contributed by atoms with E-state index < -0.39 is 0 Å². The zero-order chi connectivity index (χ0) is 18.4. The highest BCUT2D eigenvalue weighted by molar-refractivity contribution is 5.46. The summed E-state index contributed by atoms with van der Waals surface area (Å²) in [5, 5.41) is 9.00. The first kappa shape index (κ1) is 18.7. The Morgan fingerprint density at radius 1 is 0.920 bits per heavy atom. The lowest BCUT2D eigenvalue weighted by atomic mass is 9.85. The van der Waals surface area contributed by atoms with Crippen LogP contribution < -0.4 is 14.2 Å². The average Bonchev–Trinajstić information content (AvgIpc) is 2.58. The molecule has 2 rings (SSSR count). The smallest absolute Gasteiger partial charge is 0.162 e. The van der Waals surface area contributed by atoms with E-state index >= 15 is 0 Å². The molecule has 0 aliphatic rings. The van der Waals surface area contributed by atoms with Crippen molar-refractivity contribution in [3.05, 3.63) is 53.1 Å². The van der Waals surface area contributed by atoms with E-state index in [0.29, 0.717) is 30.3 Å². The molecule has 0 atom stereocenters. The van der Waals surface area contributed by atoms with Gasteiger partial charge in [-0.1, -0.05) is 38.5 Å². The van der Waals surface area contributed by atoms with Gasteiger partial charge in [0.15, 0.2) is 11.5 Å². The molecule has 0 saturated heterocycles. The van der Waals surface area contributed by atoms with Crippen molar-refractivity contribution >= 4 is 0 Å². The van der Waals surface area contributed by atoms with Crippen molar-refractivity contribution in [3.8, 4) is 23.3 Å². The lowest BCUT2D eigenvalue weighted by molar-refractivity contribution is 0.208. The summed E-state index contributed by atoms with van der Waals surface area (Å²) in [6.45, 7) is 9.36. The van der Waals surface area contributed by atoms with Crippen molar-refractivity contribution in [1.82, 2.24) is 0 Å². The number of methoxy groups -OCH3 is 1. The normalized spacial score (nSPS) is 10.9. The Morgan fingerprint density at radius 3 is 2.16 bits per heavy atom. The Bertz CT molecular complexity index is 770. The van der Waals surface area contributed by atoms with Crippen LogP contribution >= 0.6 is 0 Å². The summed E-state index contributed by atoms with van der Waals surface area (Å²) in [5.41, 5.74) is 2.93. The number of rotatable bonds is 6. The Labute approximate surface area is 150 Å². The number of hydrogen-bond donors (Lipinski definition) is 0. The second kappa shape index (κ2) is 7.94. The molecule has 0 radical (unpaired) electrons. The van der Waals surface area contributed by atoms with Gasteiger partial charge < -0.3 is 14.2 Å². The predicted molar refractivity (Wildman–Crippen MR) is 98.6 cm³/mol. The summed E-state index contributed by atoms with van der Waals surface area (Å²) in [6.07, 6.45) is 0. The van der Waals surface area contributed by atoms with Crippen LogP contribution in [-0.4, -0.2) is 20.3 Å². The zero-order valence-electron chi connectivity index (χ0n) is 15.6. The summed E-state index contributed by atoms with van der Waals surface area (Å²) >= 11 is 0. The minimum absolute atomic E-state index is 0.00651. The zero-order valence-corrected chi connectivity index (χ0v) is 15.6. The van der Waals surface area contributed by atoms with Crippen LogP contribution in [0.3, 0.4) is 0 Å². The number of nitriles is 1. The number of hydrogen-bond acceptors (Lipinski definition) is 4. The van der Waals surface area contributed by atoms with E-state index in [1.165, 1.54) is 11.1 Å². The molecular formula is C21H25NO3. The average molecular weight is 339 g/mol. The molecule has 25 heavy (non-hydrogen) atoms. The molecule has 0 spiro atoms. The van der Waals surface area contributed by atoms with Crippen molar-refractivity contribution in [2.45, 2.75) is 33.1 Å². The molecule has 0 saturated carbocycles. The van der Waals surface area contributed by atoms with Gasteiger partial charge >= 0.3 is 0 Å². The van der Waals surface area contributed by atoms with Gasteiger partial charge in [0, 0.05) is 6.07 Å². The van der Waals surface area contributed by atoms with E-state index in [9.17, 15) is 0 Å². The molecule has 4 nitrogen and oxygen atoms in total. The molecule has 0 bridgehead atoms. The lowest BCUT2D eigenvalue weighted by Crippen LogP contribution is -2.16. The largest absolute Gasteiger partial charge is 0.493 e. The van der Waals surface area contributed by atoms with Gasteiger partial charge in [-0.15, -0.1) is 0 Å². The van der Waals surface area contributed by atoms with Crippen LogP contribution in [0.2, 0.25) is 0 Å². The molecule has 0 aliphatic carbocycles. The first-order valence-corrected chi connectivity index (χ1v) is 8.30. The van der Waals surface area contributed by atoms with Gasteiger partial charge in [0.05, 0.1) is 18.7 Å². The van der Waals surface area contributed by atoms with Crippen LogP contribution in [0.15, 0.2) is 36.4 Å². The minimum Gasteiger partial charge on any atom is -0.493 e. The van der Waals surface area contributed by atoms with E-state index in [1.54, 1.807) is 25.3 Å². The van der Waals surface area contributed by atoms with Crippen LogP contribution in [0.5, 0.6) is 17.2 Å². The van der Waals surface area contributed by atoms with E-state index in [1.807, 2.05) is 12.1 Å². The van der Waals surface area contributed by atoms with E-state index in [2.05, 4.69) is 39.8 Å². The summed E-state index contributed by atoms with van der Waals surface area (Å²) in [4.78, 5) is 0. The fourth-order valence-corrected chi connectivity index (χ4v) is 2.52. The molecule has 0 unspecified atom stereocenters. The molecule has 4 heteroatoms. The molecular weight excluding hydrogens is 314 g/mol. The van der Waals surface area contributed by atoms with Gasteiger partial charge in [-0.25, -0.2) is 0 Å². The standard InChI is InChI=1S/C21H25NO3/c1-15-6-8-18(17(12-15)21(2,3)4)24-10-11-25-20-13-16(14-22)7-9-19(20)23-5/h6-9,12-13H,10-11H2,1-5H3. The summed E-state index contributed by atoms with van der Waals surface area (Å²) in [5.74, 6) is 2.02.